The van der Waals surface area contributed by atoms with E-state index in [2.05, 4.69) is 89.4 Å². The van der Waals surface area contributed by atoms with E-state index in [0.29, 0.717) is 0 Å². The molecule has 3 rings (SSSR count). The first-order chi connectivity index (χ1) is 14.1. The molecule has 5 nitrogen and oxygen atoms in total. The first-order valence-electron chi connectivity index (χ1n) is 10.5. The maximum atomic E-state index is 5.65. The van der Waals surface area contributed by atoms with Gasteiger partial charge in [0, 0.05) is 44.9 Å². The lowest BCUT2D eigenvalue weighted by atomic mass is 9.88. The van der Waals surface area contributed by atoms with E-state index in [1.165, 1.54) is 16.7 Å². The highest BCUT2D eigenvalue weighted by Gasteiger charge is 2.34. The predicted octanol–water partition coefficient (Wildman–Crippen LogP) is 4.18. The molecule has 164 valence electrons. The summed E-state index contributed by atoms with van der Waals surface area (Å²) in [5.41, 5.74) is 3.81. The van der Waals surface area contributed by atoms with Crippen LogP contribution in [0.4, 0.5) is 0 Å². The molecule has 1 unspecified atom stereocenters. The van der Waals surface area contributed by atoms with Gasteiger partial charge in [-0.1, -0.05) is 60.2 Å². The Balaban J connectivity index is 0.00000320. The zero-order chi connectivity index (χ0) is 20.5. The summed E-state index contributed by atoms with van der Waals surface area (Å²) in [5, 5.41) is 10.9. The van der Waals surface area contributed by atoms with E-state index in [0.717, 1.165) is 45.1 Å². The van der Waals surface area contributed by atoms with Gasteiger partial charge in [-0.2, -0.15) is 0 Å². The minimum absolute atomic E-state index is 0. The molecular weight excluding hydrogens is 487 g/mol. The van der Waals surface area contributed by atoms with Crippen LogP contribution in [-0.2, 0) is 11.3 Å². The van der Waals surface area contributed by atoms with Crippen LogP contribution in [0.1, 0.15) is 42.5 Å². The van der Waals surface area contributed by atoms with Gasteiger partial charge < -0.3 is 20.7 Å². The van der Waals surface area contributed by atoms with E-state index >= 15 is 0 Å². The zero-order valence-corrected chi connectivity index (χ0v) is 20.6. The molecule has 0 amide bonds. The standard InChI is InChI=1S/C24H34N4O.HI/c1-19-8-7-9-21(16-19)17-26-23(25-3)27-18-24(12-14-29-15-13-24)28-20(2)22-10-5-4-6-11-22;/h4-11,16,20,28H,12-15,17-18H2,1-3H3,(H2,25,26,27);1H. The highest BCUT2D eigenvalue weighted by molar-refractivity contribution is 14.0. The maximum absolute atomic E-state index is 5.65. The fraction of sp³-hybridized carbons (Fsp3) is 0.458. The van der Waals surface area contributed by atoms with Crippen LogP contribution < -0.4 is 16.0 Å². The van der Waals surface area contributed by atoms with Gasteiger partial charge in [-0.3, -0.25) is 4.99 Å². The van der Waals surface area contributed by atoms with Gasteiger partial charge in [-0.05, 0) is 37.8 Å². The Morgan fingerprint density at radius 3 is 2.47 bits per heavy atom. The molecule has 0 saturated carbocycles. The minimum atomic E-state index is -0.0194. The SMILES string of the molecule is CN=C(NCc1cccc(C)c1)NCC1(NC(C)c2ccccc2)CCOCC1.I. The van der Waals surface area contributed by atoms with Crippen LogP contribution >= 0.6 is 24.0 Å². The number of hydrogen-bond donors (Lipinski definition) is 3. The third-order valence-corrected chi connectivity index (χ3v) is 5.63. The Kier molecular flexibility index (Phi) is 10.1. The van der Waals surface area contributed by atoms with Crippen LogP contribution in [-0.4, -0.2) is 38.3 Å². The van der Waals surface area contributed by atoms with Gasteiger partial charge in [0.1, 0.15) is 0 Å². The first-order valence-corrected chi connectivity index (χ1v) is 10.5. The number of halogens is 1. The van der Waals surface area contributed by atoms with Gasteiger partial charge >= 0.3 is 0 Å². The summed E-state index contributed by atoms with van der Waals surface area (Å²) >= 11 is 0. The van der Waals surface area contributed by atoms with Gasteiger partial charge in [-0.25, -0.2) is 0 Å². The lowest BCUT2D eigenvalue weighted by molar-refractivity contribution is 0.0355. The molecule has 1 aliphatic heterocycles. The van der Waals surface area contributed by atoms with Crippen molar-refractivity contribution in [1.29, 1.82) is 0 Å². The molecule has 0 spiro atoms. The van der Waals surface area contributed by atoms with Gasteiger partial charge in [0.05, 0.1) is 0 Å². The van der Waals surface area contributed by atoms with Crippen LogP contribution in [0, 0.1) is 6.92 Å². The van der Waals surface area contributed by atoms with Gasteiger partial charge in [0.2, 0.25) is 0 Å². The van der Waals surface area contributed by atoms with Crippen LogP contribution in [0.15, 0.2) is 59.6 Å². The average molecular weight is 522 g/mol. The fourth-order valence-corrected chi connectivity index (χ4v) is 3.90. The van der Waals surface area contributed by atoms with Crippen molar-refractivity contribution in [3.8, 4) is 0 Å². The molecule has 0 radical (unpaired) electrons. The van der Waals surface area contributed by atoms with E-state index in [4.69, 9.17) is 4.74 Å². The maximum Gasteiger partial charge on any atom is 0.191 e. The monoisotopic (exact) mass is 522 g/mol. The second-order valence-electron chi connectivity index (χ2n) is 7.94. The molecule has 30 heavy (non-hydrogen) atoms. The highest BCUT2D eigenvalue weighted by atomic mass is 127. The Morgan fingerprint density at radius 1 is 1.07 bits per heavy atom. The van der Waals surface area contributed by atoms with Crippen molar-refractivity contribution < 1.29 is 4.74 Å². The van der Waals surface area contributed by atoms with Gasteiger partial charge in [-0.15, -0.1) is 24.0 Å². The smallest absolute Gasteiger partial charge is 0.191 e. The van der Waals surface area contributed by atoms with Gasteiger partial charge in [0.25, 0.3) is 0 Å². The summed E-state index contributed by atoms with van der Waals surface area (Å²) in [4.78, 5) is 4.41. The molecule has 2 aromatic carbocycles. The molecule has 1 saturated heterocycles. The molecule has 1 fully saturated rings. The predicted molar refractivity (Wildman–Crippen MR) is 136 cm³/mol. The van der Waals surface area contributed by atoms with Crippen molar-refractivity contribution in [1.82, 2.24) is 16.0 Å². The Labute approximate surface area is 198 Å². The molecule has 3 N–H and O–H groups in total. The number of nitrogens with one attached hydrogen (secondary N) is 3. The van der Waals surface area contributed by atoms with Crippen LogP contribution in [0.2, 0.25) is 0 Å². The zero-order valence-electron chi connectivity index (χ0n) is 18.3. The van der Waals surface area contributed by atoms with Crippen molar-refractivity contribution >= 4 is 29.9 Å². The van der Waals surface area contributed by atoms with Crippen molar-refractivity contribution in [2.24, 2.45) is 4.99 Å². The number of aliphatic imine (C=N–C) groups is 1. The molecule has 1 heterocycles. The quantitative estimate of drug-likeness (QED) is 0.290. The third kappa shape index (κ3) is 7.25. The summed E-state index contributed by atoms with van der Waals surface area (Å²) in [7, 11) is 1.82. The van der Waals surface area contributed by atoms with Crippen molar-refractivity contribution in [3.63, 3.8) is 0 Å². The largest absolute Gasteiger partial charge is 0.381 e. The van der Waals surface area contributed by atoms with Crippen molar-refractivity contribution in [3.05, 3.63) is 71.3 Å². The molecule has 0 aliphatic carbocycles. The summed E-state index contributed by atoms with van der Waals surface area (Å²) in [5.74, 6) is 0.825. The average Bonchev–Trinajstić information content (AvgIpc) is 2.75. The normalized spacial score (nSPS) is 17.0. The third-order valence-electron chi connectivity index (χ3n) is 5.63. The summed E-state index contributed by atoms with van der Waals surface area (Å²) in [6.45, 7) is 7.48. The minimum Gasteiger partial charge on any atom is -0.381 e. The van der Waals surface area contributed by atoms with Crippen molar-refractivity contribution in [2.45, 2.75) is 44.8 Å². The fourth-order valence-electron chi connectivity index (χ4n) is 3.90. The number of benzene rings is 2. The molecular formula is C24H35IN4O. The summed E-state index contributed by atoms with van der Waals surface area (Å²) in [6.07, 6.45) is 1.96. The Morgan fingerprint density at radius 2 is 1.80 bits per heavy atom. The Hall–Kier alpha value is -1.64. The Bertz CT molecular complexity index is 791. The number of nitrogens with zero attached hydrogens (tertiary/aromatic N) is 1. The summed E-state index contributed by atoms with van der Waals surface area (Å²) < 4.78 is 5.65. The number of ether oxygens (including phenoxy) is 1. The van der Waals surface area contributed by atoms with Crippen LogP contribution in [0.5, 0.6) is 0 Å². The lowest BCUT2D eigenvalue weighted by Crippen LogP contribution is -2.58. The second-order valence-corrected chi connectivity index (χ2v) is 7.94. The molecule has 6 heteroatoms. The van der Waals surface area contributed by atoms with Crippen LogP contribution in [0.3, 0.4) is 0 Å². The molecule has 1 aliphatic rings. The van der Waals surface area contributed by atoms with E-state index < -0.39 is 0 Å². The second kappa shape index (κ2) is 12.3. The van der Waals surface area contributed by atoms with Gasteiger partial charge in [0.15, 0.2) is 5.96 Å². The first kappa shape index (κ1) is 24.6. The number of hydrogen-bond acceptors (Lipinski definition) is 3. The molecule has 2 aromatic rings. The van der Waals surface area contributed by atoms with E-state index in [1.807, 2.05) is 7.05 Å². The van der Waals surface area contributed by atoms with E-state index in [1.54, 1.807) is 0 Å². The molecule has 0 aromatic heterocycles. The topological polar surface area (TPSA) is 57.7 Å². The van der Waals surface area contributed by atoms with E-state index in [-0.39, 0.29) is 35.6 Å². The van der Waals surface area contributed by atoms with Crippen LogP contribution in [0.25, 0.3) is 0 Å². The number of rotatable bonds is 7. The summed E-state index contributed by atoms with van der Waals surface area (Å²) in [6, 6.07) is 19.4. The molecule has 0 bridgehead atoms. The van der Waals surface area contributed by atoms with Crippen molar-refractivity contribution in [2.75, 3.05) is 26.8 Å². The molecule has 1 atom stereocenters. The van der Waals surface area contributed by atoms with E-state index in [9.17, 15) is 0 Å². The highest BCUT2D eigenvalue weighted by Crippen LogP contribution is 2.25. The number of guanidine groups is 1. The lowest BCUT2D eigenvalue weighted by Gasteiger charge is -2.41. The number of aryl methyl sites for hydroxylation is 1.